The van der Waals surface area contributed by atoms with E-state index in [2.05, 4.69) is 10.3 Å². The van der Waals surface area contributed by atoms with Crippen molar-refractivity contribution in [3.63, 3.8) is 0 Å². The number of amides is 2. The van der Waals surface area contributed by atoms with Crippen molar-refractivity contribution in [1.29, 1.82) is 0 Å². The zero-order valence-corrected chi connectivity index (χ0v) is 17.4. The third-order valence-electron chi connectivity index (χ3n) is 4.40. The van der Waals surface area contributed by atoms with E-state index in [9.17, 15) is 18.4 Å². The van der Waals surface area contributed by atoms with Crippen LogP contribution in [0.4, 0.5) is 14.5 Å². The quantitative estimate of drug-likeness (QED) is 0.749. The molecule has 2 fully saturated rings. The predicted molar refractivity (Wildman–Crippen MR) is 106 cm³/mol. The molecule has 1 aromatic heterocycles. The summed E-state index contributed by atoms with van der Waals surface area (Å²) < 4.78 is 31.5. The minimum absolute atomic E-state index is 0.0758. The van der Waals surface area contributed by atoms with E-state index < -0.39 is 11.8 Å². The number of nitrogens with two attached hydrogens (primary N) is 1. The molecular weight excluding hydrogens is 382 g/mol. The van der Waals surface area contributed by atoms with E-state index in [1.807, 2.05) is 20.8 Å². The highest BCUT2D eigenvalue weighted by atomic mass is 19.3. The molecule has 9 heteroatoms. The third-order valence-corrected chi connectivity index (χ3v) is 4.40. The number of hydrogen-bond acceptors (Lipinski definition) is 5. The second-order valence-electron chi connectivity index (χ2n) is 8.76. The van der Waals surface area contributed by atoms with Crippen LogP contribution in [0, 0.1) is 11.3 Å². The Labute approximate surface area is 170 Å². The molecule has 1 saturated carbocycles. The molecule has 7 nitrogen and oxygen atoms in total. The molecule has 1 aliphatic heterocycles. The van der Waals surface area contributed by atoms with Crippen LogP contribution in [0.3, 0.4) is 0 Å². The average Bonchev–Trinajstić information content (AvgIpc) is 3.41. The average molecular weight is 412 g/mol. The predicted octanol–water partition coefficient (Wildman–Crippen LogP) is 2.59. The molecule has 162 valence electrons. The molecule has 3 rings (SSSR count). The van der Waals surface area contributed by atoms with E-state index in [4.69, 9.17) is 10.5 Å². The molecular formula is C20H30F2N4O3. The summed E-state index contributed by atoms with van der Waals surface area (Å²) in [6.45, 7) is 5.91. The molecule has 2 aliphatic rings. The van der Waals surface area contributed by atoms with Crippen LogP contribution < -0.4 is 20.7 Å². The zero-order chi connectivity index (χ0) is 21.8. The Kier molecular flexibility index (Phi) is 7.02. The fourth-order valence-electron chi connectivity index (χ4n) is 2.65. The highest BCUT2D eigenvalue weighted by Crippen LogP contribution is 2.37. The molecule has 1 saturated heterocycles. The van der Waals surface area contributed by atoms with Gasteiger partial charge in [0.1, 0.15) is 11.4 Å². The summed E-state index contributed by atoms with van der Waals surface area (Å²) in [5, 5.41) is 2.58. The number of anilines is 1. The molecule has 2 heterocycles. The van der Waals surface area contributed by atoms with E-state index in [0.29, 0.717) is 24.6 Å². The second-order valence-corrected chi connectivity index (χ2v) is 8.76. The van der Waals surface area contributed by atoms with Crippen molar-refractivity contribution in [2.75, 3.05) is 31.6 Å². The summed E-state index contributed by atoms with van der Waals surface area (Å²) in [7, 11) is 1.66. The lowest BCUT2D eigenvalue weighted by molar-refractivity contribution is -0.122. The van der Waals surface area contributed by atoms with Gasteiger partial charge in [-0.05, 0) is 36.3 Å². The van der Waals surface area contributed by atoms with Gasteiger partial charge in [0.05, 0.1) is 19.7 Å². The molecule has 29 heavy (non-hydrogen) atoms. The number of nitrogens with zero attached hydrogens (tertiary/aromatic N) is 2. The monoisotopic (exact) mass is 412 g/mol. The Hall–Kier alpha value is -2.45. The van der Waals surface area contributed by atoms with Gasteiger partial charge in [-0.15, -0.1) is 0 Å². The maximum atomic E-state index is 13.0. The summed E-state index contributed by atoms with van der Waals surface area (Å²) >= 11 is 0. The summed E-state index contributed by atoms with van der Waals surface area (Å²) in [5.74, 6) is -2.51. The van der Waals surface area contributed by atoms with Crippen molar-refractivity contribution in [1.82, 2.24) is 10.3 Å². The molecule has 1 aliphatic carbocycles. The number of hydrogen-bond donors (Lipinski definition) is 2. The number of pyridine rings is 1. The zero-order valence-electron chi connectivity index (χ0n) is 17.4. The van der Waals surface area contributed by atoms with Crippen LogP contribution in [-0.4, -0.2) is 49.5 Å². The molecule has 0 spiro atoms. The van der Waals surface area contributed by atoms with Crippen molar-refractivity contribution in [3.05, 3.63) is 17.8 Å². The van der Waals surface area contributed by atoms with Gasteiger partial charge in [-0.3, -0.25) is 9.59 Å². The first-order valence-corrected chi connectivity index (χ1v) is 9.67. The Morgan fingerprint density at radius 1 is 1.31 bits per heavy atom. The van der Waals surface area contributed by atoms with Gasteiger partial charge in [0.2, 0.25) is 11.8 Å². The number of carbonyl (C=O) groups is 2. The molecule has 0 atom stereocenters. The van der Waals surface area contributed by atoms with Gasteiger partial charge in [0.15, 0.2) is 0 Å². The van der Waals surface area contributed by atoms with Crippen LogP contribution >= 0.6 is 0 Å². The van der Waals surface area contributed by atoms with E-state index in [0.717, 1.165) is 12.8 Å². The maximum absolute atomic E-state index is 13.0. The number of aromatic nitrogens is 1. The van der Waals surface area contributed by atoms with Gasteiger partial charge in [0.25, 0.3) is 11.8 Å². The third kappa shape index (κ3) is 7.47. The Morgan fingerprint density at radius 2 is 1.93 bits per heavy atom. The van der Waals surface area contributed by atoms with E-state index in [-0.39, 0.29) is 36.0 Å². The molecule has 0 bridgehead atoms. The Morgan fingerprint density at radius 3 is 2.34 bits per heavy atom. The SMILES string of the molecule is CNC(=O)CC(C)(C)C.NC(=O)c1ccc(N2CC(F)(F)C2)c(OCC2CC2)n1. The smallest absolute Gasteiger partial charge is 0.282 e. The van der Waals surface area contributed by atoms with Gasteiger partial charge < -0.3 is 20.7 Å². The molecule has 3 N–H and O–H groups in total. The van der Waals surface area contributed by atoms with Gasteiger partial charge in [0, 0.05) is 13.5 Å². The van der Waals surface area contributed by atoms with Crippen molar-refractivity contribution in [3.8, 4) is 5.88 Å². The number of nitrogens with one attached hydrogen (secondary N) is 1. The maximum Gasteiger partial charge on any atom is 0.282 e. The standard InChI is InChI=1S/C13H15F2N3O2.C7H15NO/c14-13(15)6-18(7-13)10-4-3-9(11(16)19)17-12(10)20-5-8-1-2-8;1-7(2,3)5-6(9)8-4/h3-4,8H,1-2,5-7H2,(H2,16,19);5H2,1-4H3,(H,8,9). The summed E-state index contributed by atoms with van der Waals surface area (Å²) in [4.78, 5) is 27.4. The van der Waals surface area contributed by atoms with E-state index in [1.54, 1.807) is 13.1 Å². The van der Waals surface area contributed by atoms with Crippen LogP contribution in [0.15, 0.2) is 12.1 Å². The normalized spacial score (nSPS) is 17.5. The van der Waals surface area contributed by atoms with Gasteiger partial charge in [-0.1, -0.05) is 20.8 Å². The first kappa shape index (κ1) is 22.8. The van der Waals surface area contributed by atoms with Crippen LogP contribution in [0.1, 0.15) is 50.5 Å². The number of rotatable bonds is 6. The Bertz CT molecular complexity index is 738. The van der Waals surface area contributed by atoms with Crippen molar-refractivity contribution in [2.24, 2.45) is 17.1 Å². The molecule has 0 aromatic carbocycles. The highest BCUT2D eigenvalue weighted by Gasteiger charge is 2.45. The molecule has 0 radical (unpaired) electrons. The number of halogens is 2. The minimum atomic E-state index is -2.67. The van der Waals surface area contributed by atoms with Crippen LogP contribution in [0.2, 0.25) is 0 Å². The number of alkyl halides is 2. The van der Waals surface area contributed by atoms with Gasteiger partial charge in [-0.2, -0.15) is 0 Å². The van der Waals surface area contributed by atoms with Gasteiger partial charge in [-0.25, -0.2) is 13.8 Å². The van der Waals surface area contributed by atoms with E-state index in [1.165, 1.54) is 11.0 Å². The topological polar surface area (TPSA) is 97.5 Å². The van der Waals surface area contributed by atoms with Gasteiger partial charge >= 0.3 is 0 Å². The number of primary amides is 1. The van der Waals surface area contributed by atoms with Crippen LogP contribution in [0.5, 0.6) is 5.88 Å². The number of ether oxygens (including phenoxy) is 1. The Balaban J connectivity index is 0.000000284. The number of carbonyl (C=O) groups excluding carboxylic acids is 2. The second kappa shape index (κ2) is 8.92. The summed E-state index contributed by atoms with van der Waals surface area (Å²) in [5.41, 5.74) is 5.85. The van der Waals surface area contributed by atoms with Crippen molar-refractivity contribution >= 4 is 17.5 Å². The lowest BCUT2D eigenvalue weighted by atomic mass is 9.92. The lowest BCUT2D eigenvalue weighted by Crippen LogP contribution is -2.56. The molecule has 2 amide bonds. The van der Waals surface area contributed by atoms with E-state index >= 15 is 0 Å². The van der Waals surface area contributed by atoms with Crippen molar-refractivity contribution < 1.29 is 23.1 Å². The highest BCUT2D eigenvalue weighted by molar-refractivity contribution is 5.91. The van der Waals surface area contributed by atoms with Crippen LogP contribution in [-0.2, 0) is 4.79 Å². The first-order valence-electron chi connectivity index (χ1n) is 9.67. The molecule has 0 unspecified atom stereocenters. The first-order chi connectivity index (χ1) is 13.4. The van der Waals surface area contributed by atoms with Crippen LogP contribution in [0.25, 0.3) is 0 Å². The molecule has 1 aromatic rings. The van der Waals surface area contributed by atoms with Crippen molar-refractivity contribution in [2.45, 2.75) is 46.0 Å². The minimum Gasteiger partial charge on any atom is -0.476 e. The fourth-order valence-corrected chi connectivity index (χ4v) is 2.65. The summed E-state index contributed by atoms with van der Waals surface area (Å²) in [6, 6.07) is 2.99. The lowest BCUT2D eigenvalue weighted by Gasteiger charge is -2.40. The largest absolute Gasteiger partial charge is 0.476 e. The fraction of sp³-hybridized carbons (Fsp3) is 0.650. The summed E-state index contributed by atoms with van der Waals surface area (Å²) in [6.07, 6.45) is 2.81.